The Kier molecular flexibility index (Phi) is 5.26. The van der Waals surface area contributed by atoms with Gasteiger partial charge >= 0.3 is 0 Å². The summed E-state index contributed by atoms with van der Waals surface area (Å²) in [5.74, 6) is 1.05. The summed E-state index contributed by atoms with van der Waals surface area (Å²) in [5, 5.41) is 0. The van der Waals surface area contributed by atoms with Crippen LogP contribution >= 0.6 is 0 Å². The van der Waals surface area contributed by atoms with Crippen LogP contribution in [0.25, 0.3) is 0 Å². The fourth-order valence-corrected chi connectivity index (χ4v) is 3.62. The highest BCUT2D eigenvalue weighted by Crippen LogP contribution is 2.28. The van der Waals surface area contributed by atoms with E-state index >= 15 is 0 Å². The first-order valence-electron chi connectivity index (χ1n) is 8.71. The monoisotopic (exact) mass is 315 g/mol. The Morgan fingerprint density at radius 3 is 2.26 bits per heavy atom. The lowest BCUT2D eigenvalue weighted by Crippen LogP contribution is -2.50. The van der Waals surface area contributed by atoms with Crippen molar-refractivity contribution in [3.8, 4) is 0 Å². The average molecular weight is 315 g/mol. The highest BCUT2D eigenvalue weighted by Gasteiger charge is 2.25. The maximum absolute atomic E-state index is 12.4. The first-order chi connectivity index (χ1) is 11.2. The molecule has 23 heavy (non-hydrogen) atoms. The van der Waals surface area contributed by atoms with Gasteiger partial charge in [0.2, 0.25) is 5.91 Å². The lowest BCUT2D eigenvalue weighted by molar-refractivity contribution is -0.133. The predicted molar refractivity (Wildman–Crippen MR) is 87.9 cm³/mol. The van der Waals surface area contributed by atoms with E-state index in [0.29, 0.717) is 38.2 Å². The Hall–Kier alpha value is -1.91. The molecule has 0 radical (unpaired) electrons. The molecule has 5 nitrogen and oxygen atoms in total. The third-order valence-electron chi connectivity index (χ3n) is 5.09. The topological polar surface area (TPSA) is 53.5 Å². The minimum atomic E-state index is 0.0328. The van der Waals surface area contributed by atoms with E-state index in [-0.39, 0.29) is 11.8 Å². The van der Waals surface area contributed by atoms with Gasteiger partial charge in [0.15, 0.2) is 0 Å². The van der Waals surface area contributed by atoms with Gasteiger partial charge in [0.1, 0.15) is 0 Å². The standard InChI is InChI=1S/C18H25N3O2/c22-17(6-5-15-3-1-2-4-15)20-11-13-21(14-12-20)18(23)16-7-9-19-10-8-16/h7-10,15H,1-6,11-14H2. The summed E-state index contributed by atoms with van der Waals surface area (Å²) < 4.78 is 0. The van der Waals surface area contributed by atoms with Crippen molar-refractivity contribution in [2.24, 2.45) is 5.92 Å². The summed E-state index contributed by atoms with van der Waals surface area (Å²) in [6.07, 6.45) is 10.2. The number of hydrogen-bond acceptors (Lipinski definition) is 3. The third-order valence-corrected chi connectivity index (χ3v) is 5.09. The molecule has 1 saturated carbocycles. The molecule has 0 atom stereocenters. The van der Waals surface area contributed by atoms with Gasteiger partial charge in [0.05, 0.1) is 0 Å². The number of piperazine rings is 1. The second kappa shape index (κ2) is 7.57. The zero-order valence-corrected chi connectivity index (χ0v) is 13.6. The van der Waals surface area contributed by atoms with Crippen molar-refractivity contribution in [3.63, 3.8) is 0 Å². The number of amides is 2. The zero-order valence-electron chi connectivity index (χ0n) is 13.6. The summed E-state index contributed by atoms with van der Waals surface area (Å²) in [5.41, 5.74) is 0.668. The van der Waals surface area contributed by atoms with Crippen LogP contribution in [0.5, 0.6) is 0 Å². The van der Waals surface area contributed by atoms with Gasteiger partial charge in [-0.2, -0.15) is 0 Å². The van der Waals surface area contributed by atoms with E-state index in [1.165, 1.54) is 25.7 Å². The van der Waals surface area contributed by atoms with Gasteiger partial charge in [0, 0.05) is 50.6 Å². The van der Waals surface area contributed by atoms with Gasteiger partial charge in [-0.1, -0.05) is 25.7 Å². The fraction of sp³-hybridized carbons (Fsp3) is 0.611. The molecule has 1 aromatic heterocycles. The maximum atomic E-state index is 12.4. The van der Waals surface area contributed by atoms with Gasteiger partial charge in [-0.25, -0.2) is 0 Å². The summed E-state index contributed by atoms with van der Waals surface area (Å²) in [6.45, 7) is 2.55. The van der Waals surface area contributed by atoms with Crippen LogP contribution in [0.4, 0.5) is 0 Å². The third kappa shape index (κ3) is 4.09. The number of carbonyl (C=O) groups excluding carboxylic acids is 2. The highest BCUT2D eigenvalue weighted by atomic mass is 16.2. The minimum Gasteiger partial charge on any atom is -0.339 e. The predicted octanol–water partition coefficient (Wildman–Crippen LogP) is 2.34. The van der Waals surface area contributed by atoms with Crippen molar-refractivity contribution in [3.05, 3.63) is 30.1 Å². The number of pyridine rings is 1. The van der Waals surface area contributed by atoms with Crippen LogP contribution in [0.2, 0.25) is 0 Å². The Morgan fingerprint density at radius 2 is 1.61 bits per heavy atom. The van der Waals surface area contributed by atoms with Gasteiger partial charge in [-0.3, -0.25) is 14.6 Å². The first kappa shape index (κ1) is 16.0. The van der Waals surface area contributed by atoms with E-state index in [4.69, 9.17) is 0 Å². The molecule has 5 heteroatoms. The van der Waals surface area contributed by atoms with Crippen molar-refractivity contribution in [2.75, 3.05) is 26.2 Å². The van der Waals surface area contributed by atoms with Crippen LogP contribution < -0.4 is 0 Å². The molecule has 0 unspecified atom stereocenters. The lowest BCUT2D eigenvalue weighted by atomic mass is 10.0. The van der Waals surface area contributed by atoms with Gasteiger partial charge in [-0.05, 0) is 24.5 Å². The number of aromatic nitrogens is 1. The molecule has 0 N–H and O–H groups in total. The Balaban J connectivity index is 1.44. The molecule has 3 rings (SSSR count). The molecule has 0 spiro atoms. The Labute approximate surface area is 137 Å². The van der Waals surface area contributed by atoms with Crippen LogP contribution in [0.15, 0.2) is 24.5 Å². The molecule has 1 aliphatic heterocycles. The molecule has 1 aliphatic carbocycles. The molecule has 0 aromatic carbocycles. The van der Waals surface area contributed by atoms with E-state index in [2.05, 4.69) is 4.98 Å². The van der Waals surface area contributed by atoms with Crippen LogP contribution in [0.1, 0.15) is 48.9 Å². The van der Waals surface area contributed by atoms with E-state index in [0.717, 1.165) is 12.3 Å². The molecular formula is C18H25N3O2. The van der Waals surface area contributed by atoms with E-state index < -0.39 is 0 Å². The van der Waals surface area contributed by atoms with Crippen molar-refractivity contribution < 1.29 is 9.59 Å². The summed E-state index contributed by atoms with van der Waals surface area (Å²) in [4.78, 5) is 32.4. The Bertz CT molecular complexity index is 532. The molecule has 1 aromatic rings. The normalized spacial score (nSPS) is 19.1. The molecule has 2 heterocycles. The molecule has 2 amide bonds. The van der Waals surface area contributed by atoms with Crippen LogP contribution in [-0.4, -0.2) is 52.8 Å². The molecular weight excluding hydrogens is 290 g/mol. The van der Waals surface area contributed by atoms with Crippen molar-refractivity contribution >= 4 is 11.8 Å². The largest absolute Gasteiger partial charge is 0.339 e. The van der Waals surface area contributed by atoms with Crippen molar-refractivity contribution in [1.29, 1.82) is 0 Å². The van der Waals surface area contributed by atoms with Crippen LogP contribution in [-0.2, 0) is 4.79 Å². The van der Waals surface area contributed by atoms with Crippen LogP contribution in [0, 0.1) is 5.92 Å². The van der Waals surface area contributed by atoms with E-state index in [9.17, 15) is 9.59 Å². The van der Waals surface area contributed by atoms with Gasteiger partial charge < -0.3 is 9.80 Å². The highest BCUT2D eigenvalue weighted by molar-refractivity contribution is 5.94. The first-order valence-corrected chi connectivity index (χ1v) is 8.71. The summed E-state index contributed by atoms with van der Waals surface area (Å²) in [6, 6.07) is 3.48. The summed E-state index contributed by atoms with van der Waals surface area (Å²) in [7, 11) is 0. The zero-order chi connectivity index (χ0) is 16.1. The second-order valence-electron chi connectivity index (χ2n) is 6.60. The average Bonchev–Trinajstić information content (AvgIpc) is 3.13. The van der Waals surface area contributed by atoms with Crippen molar-refractivity contribution in [1.82, 2.24) is 14.8 Å². The molecule has 0 bridgehead atoms. The second-order valence-corrected chi connectivity index (χ2v) is 6.60. The van der Waals surface area contributed by atoms with E-state index in [1.54, 1.807) is 24.5 Å². The number of carbonyl (C=O) groups is 2. The SMILES string of the molecule is O=C(CCC1CCCC1)N1CCN(C(=O)c2ccncc2)CC1. The number of hydrogen-bond donors (Lipinski definition) is 0. The smallest absolute Gasteiger partial charge is 0.254 e. The molecule has 2 aliphatic rings. The molecule has 2 fully saturated rings. The van der Waals surface area contributed by atoms with Gasteiger partial charge in [0.25, 0.3) is 5.91 Å². The minimum absolute atomic E-state index is 0.0328. The quantitative estimate of drug-likeness (QED) is 0.857. The molecule has 124 valence electrons. The van der Waals surface area contributed by atoms with E-state index in [1.807, 2.05) is 9.80 Å². The lowest BCUT2D eigenvalue weighted by Gasteiger charge is -2.35. The molecule has 1 saturated heterocycles. The number of rotatable bonds is 4. The summed E-state index contributed by atoms with van der Waals surface area (Å²) >= 11 is 0. The fourth-order valence-electron chi connectivity index (χ4n) is 3.62. The van der Waals surface area contributed by atoms with Gasteiger partial charge in [-0.15, -0.1) is 0 Å². The van der Waals surface area contributed by atoms with Crippen LogP contribution in [0.3, 0.4) is 0 Å². The maximum Gasteiger partial charge on any atom is 0.254 e. The van der Waals surface area contributed by atoms with Crippen molar-refractivity contribution in [2.45, 2.75) is 38.5 Å². The number of nitrogens with zero attached hydrogens (tertiary/aromatic N) is 3. The Morgan fingerprint density at radius 1 is 1.00 bits per heavy atom.